The summed E-state index contributed by atoms with van der Waals surface area (Å²) in [4.78, 5) is 13.6. The summed E-state index contributed by atoms with van der Waals surface area (Å²) in [5, 5.41) is 29.2. The number of rotatable bonds is 38. The number of nitrogens with zero attached hydrogens (tertiary/aromatic N) is 3. The first-order valence-corrected chi connectivity index (χ1v) is 48.2. The standard InChI is InChI=1S/C30H52Br2.C30H54O2.C30H50.C15H10N2O2.C4H8O.CH4NP.CH4.K.2H2O/c2*1-26(2,3)23-18-24(29(8,9)21-27(4,5)14-12-16-31)20-25(19-23)30(10,11)22-28(6,7)15-13-17-32;1-14-16-27(6,7)21-29(10,11)24-18-23(26(3,4)5)19-25(20-24)30(12,13)22-28(8,9)17-15-2;16-10-19-15-7-3-13(4-8-15)9-12-1-5-14(6-2-12)17-11-18;1-2-4-5-3-1;1-2-3;;;;/h18-20H,12-17,21-22H2,1-11H3;18-20,31-32H,12-17,21-22H2,1-11H3;14-15,18-20H,1-2,16-17,21-22H2,3-13H3;1-8H,9H2;1-4H2;3H,1H3;1H4;;2*1H2/q;;;;;;;+1;;/p-1. The minimum atomic E-state index is 0. The first-order valence-electron chi connectivity index (χ1n) is 45.5. The Morgan fingerprint density at radius 3 is 0.864 bits per heavy atom. The van der Waals surface area contributed by atoms with Gasteiger partial charge in [0.05, 0.1) is 5.69 Å². The number of hydrogen-bond acceptors (Lipinski definition) is 9. The van der Waals surface area contributed by atoms with Crippen LogP contribution < -0.4 is 56.1 Å². The molecular formula is C111H185Br2KN3O7P. The number of alkyl halides is 2. The van der Waals surface area contributed by atoms with Gasteiger partial charge in [0.2, 0.25) is 6.08 Å². The van der Waals surface area contributed by atoms with Gasteiger partial charge < -0.3 is 30.6 Å². The van der Waals surface area contributed by atoms with Crippen molar-refractivity contribution in [1.29, 1.82) is 5.26 Å². The molecule has 0 bridgehead atoms. The van der Waals surface area contributed by atoms with Gasteiger partial charge in [-0.2, -0.15) is 4.99 Å². The molecule has 5 N–H and O–H groups in total. The summed E-state index contributed by atoms with van der Waals surface area (Å²) in [7, 11) is 4.47. The van der Waals surface area contributed by atoms with Gasteiger partial charge in [-0.1, -0.05) is 359 Å². The van der Waals surface area contributed by atoms with E-state index in [1.54, 1.807) is 37.6 Å². The van der Waals surface area contributed by atoms with E-state index in [1.807, 2.05) is 24.3 Å². The number of aliphatic hydroxyl groups excluding tert-OH is 2. The van der Waals surface area contributed by atoms with Crippen LogP contribution in [0.2, 0.25) is 0 Å². The van der Waals surface area contributed by atoms with E-state index in [2.05, 4.69) is 359 Å². The number of nitriles is 1. The van der Waals surface area contributed by atoms with E-state index in [0.717, 1.165) is 106 Å². The molecule has 0 aromatic heterocycles. The van der Waals surface area contributed by atoms with Gasteiger partial charge in [0.25, 0.3) is 6.26 Å². The largest absolute Gasteiger partial charge is 1.00 e. The van der Waals surface area contributed by atoms with E-state index in [1.165, 1.54) is 108 Å². The van der Waals surface area contributed by atoms with E-state index in [9.17, 15) is 15.0 Å². The Bertz CT molecular complexity index is 3700. The summed E-state index contributed by atoms with van der Waals surface area (Å²) in [6, 6.07) is 37.1. The molecule has 0 radical (unpaired) electrons. The number of aliphatic hydroxyl groups is 2. The van der Waals surface area contributed by atoms with Crippen molar-refractivity contribution in [1.82, 2.24) is 0 Å². The molecule has 1 aliphatic heterocycles. The van der Waals surface area contributed by atoms with Gasteiger partial charge >= 0.3 is 51.4 Å². The van der Waals surface area contributed by atoms with Crippen molar-refractivity contribution in [3.8, 4) is 12.0 Å². The van der Waals surface area contributed by atoms with Gasteiger partial charge in [-0.25, -0.2) is 4.79 Å². The molecule has 0 aliphatic carbocycles. The molecule has 5 aromatic carbocycles. The first kappa shape index (κ1) is 128. The van der Waals surface area contributed by atoms with Crippen LogP contribution in [-0.2, 0) is 64.7 Å². The topological polar surface area (TPSA) is 186 Å². The number of allylic oxidation sites excluding steroid dienone is 2. The molecule has 1 heterocycles. The summed E-state index contributed by atoms with van der Waals surface area (Å²) < 4.78 is 13.0. The van der Waals surface area contributed by atoms with Crippen molar-refractivity contribution in [2.45, 2.75) is 407 Å². The van der Waals surface area contributed by atoms with Gasteiger partial charge in [-0.3, -0.25) is 4.74 Å². The van der Waals surface area contributed by atoms with Crippen LogP contribution in [-0.4, -0.2) is 71.4 Å². The second kappa shape index (κ2) is 56.1. The van der Waals surface area contributed by atoms with E-state index in [0.29, 0.717) is 22.3 Å². The van der Waals surface area contributed by atoms with Crippen molar-refractivity contribution in [2.24, 2.45) is 42.2 Å². The van der Waals surface area contributed by atoms with Crippen LogP contribution in [0.4, 0.5) is 5.69 Å². The second-order valence-electron chi connectivity index (χ2n) is 47.1. The molecule has 10 nitrogen and oxygen atoms in total. The van der Waals surface area contributed by atoms with Gasteiger partial charge in [-0.05, 0) is 298 Å². The zero-order valence-corrected chi connectivity index (χ0v) is 93.0. The summed E-state index contributed by atoms with van der Waals surface area (Å²) >= 11 is 7.25. The quantitative estimate of drug-likeness (QED) is 0.00748. The van der Waals surface area contributed by atoms with Crippen LogP contribution in [0.1, 0.15) is 413 Å². The van der Waals surface area contributed by atoms with Crippen LogP contribution in [0, 0.1) is 44.0 Å². The van der Waals surface area contributed by atoms with Gasteiger partial charge in [0.15, 0.2) is 0 Å². The Balaban J connectivity index is -0.000000757. The van der Waals surface area contributed by atoms with Crippen LogP contribution in [0.3, 0.4) is 0 Å². The molecule has 5 aromatic rings. The molecule has 0 saturated carbocycles. The Kier molecular flexibility index (Phi) is 57.4. The third-order valence-corrected chi connectivity index (χ3v) is 25.6. The maximum Gasteiger partial charge on any atom is 1.00 e. The van der Waals surface area contributed by atoms with Crippen molar-refractivity contribution in [3.63, 3.8) is 0 Å². The fourth-order valence-electron chi connectivity index (χ4n) is 19.0. The van der Waals surface area contributed by atoms with E-state index < -0.39 is 0 Å². The zero-order valence-electron chi connectivity index (χ0n) is 85.7. The minimum Gasteiger partial charge on any atom is -0.870 e. The molecule has 0 amide bonds. The number of carbonyl (C=O) groups excluding carboxylic acids is 1. The average Bonchev–Trinajstić information content (AvgIpc) is 0.879. The van der Waals surface area contributed by atoms with Gasteiger partial charge in [0.1, 0.15) is 5.75 Å². The molecule has 14 heteroatoms. The van der Waals surface area contributed by atoms with Gasteiger partial charge in [-0.15, -0.1) is 18.4 Å². The molecule has 1 aliphatic rings. The molecule has 706 valence electrons. The predicted molar refractivity (Wildman–Crippen MR) is 551 cm³/mol. The normalized spacial score (nSPS) is 13.1. The number of halogens is 2. The van der Waals surface area contributed by atoms with Crippen molar-refractivity contribution < 1.29 is 86.8 Å². The Hall–Kier alpha value is -3.25. The summed E-state index contributed by atoms with van der Waals surface area (Å²) in [6.45, 7) is 89.2. The Labute approximate surface area is 831 Å². The summed E-state index contributed by atoms with van der Waals surface area (Å²) in [5.41, 5.74) is 18.5. The van der Waals surface area contributed by atoms with Crippen molar-refractivity contribution in [3.05, 3.63) is 190 Å². The number of aliphatic imine (C=N–C) groups is 1. The van der Waals surface area contributed by atoms with Crippen LogP contribution >= 0.6 is 40.9 Å². The molecular weight excluding hydrogens is 1720 g/mol. The fourth-order valence-corrected chi connectivity index (χ4v) is 19.6. The molecule has 6 rings (SSSR count). The summed E-state index contributed by atoms with van der Waals surface area (Å²) in [6.07, 6.45) is 28.4. The van der Waals surface area contributed by atoms with E-state index in [4.69, 9.17) is 14.7 Å². The molecule has 0 atom stereocenters. The monoisotopic (exact) mass is 1900 g/mol. The number of benzene rings is 5. The number of ether oxygens (including phenoxy) is 2. The fraction of sp³-hybridized carbons (Fsp3) is 0.676. The molecule has 0 unspecified atom stereocenters. The smallest absolute Gasteiger partial charge is 0.870 e. The first-order chi connectivity index (χ1) is 55.3. The average molecular weight is 1900 g/mol. The van der Waals surface area contributed by atoms with Crippen LogP contribution in [0.5, 0.6) is 5.75 Å². The number of isocyanates is 1. The molecule has 1 fully saturated rings. The van der Waals surface area contributed by atoms with Crippen molar-refractivity contribution >= 4 is 52.7 Å². The maximum absolute atomic E-state index is 10.1. The Morgan fingerprint density at radius 2 is 0.664 bits per heavy atom. The third kappa shape index (κ3) is 49.3. The Morgan fingerprint density at radius 1 is 0.432 bits per heavy atom. The minimum absolute atomic E-state index is 0. The van der Waals surface area contributed by atoms with Crippen molar-refractivity contribution in [2.75, 3.05) is 44.1 Å². The SMILES string of the molecule is C.C1CCOC1.C=CCC(C)(C)CC(C)(C)c1cc(C(C)(C)C)cc(C(C)(C)CC(C)(C)CC=C)c1.CC(C)(CCCBr)CC(C)(C)c1cc(C(C)(C)C)cc(C(C)(C)CC(C)(C)CCCBr)c1.CC(C)(CCCO)CC(C)(C)c1cc(C(C)(C)C)cc(C(C)(C)CC(C)(C)CCCO)c1.CN=P.N#COc1ccc(Cc2ccc(N=C=O)cc2)cc1.O.[K+].[OH-]. The molecule has 125 heavy (non-hydrogen) atoms. The zero-order chi connectivity index (χ0) is 93.4. The van der Waals surface area contributed by atoms with Crippen LogP contribution in [0.15, 0.2) is 138 Å². The second-order valence-corrected chi connectivity index (χ2v) is 49.2. The van der Waals surface area contributed by atoms with E-state index >= 15 is 0 Å². The van der Waals surface area contributed by atoms with Gasteiger partial charge in [0, 0.05) is 44.1 Å². The molecule has 0 spiro atoms. The number of hydrogen-bond donors (Lipinski definition) is 2. The molecule has 1 saturated heterocycles. The summed E-state index contributed by atoms with van der Waals surface area (Å²) in [5.74, 6) is 0.530. The maximum atomic E-state index is 10.1. The van der Waals surface area contributed by atoms with Crippen LogP contribution in [0.25, 0.3) is 0 Å². The third-order valence-electron chi connectivity index (χ3n) is 24.4. The van der Waals surface area contributed by atoms with E-state index in [-0.39, 0.29) is 153 Å². The predicted octanol–water partition coefficient (Wildman–Crippen LogP) is 29.6.